The summed E-state index contributed by atoms with van der Waals surface area (Å²) in [6.45, 7) is 3.42. The maximum Gasteiger partial charge on any atom is 0.329 e. The average molecular weight is 403 g/mol. The molecule has 148 valence electrons. The van der Waals surface area contributed by atoms with Crippen molar-refractivity contribution in [1.82, 2.24) is 5.32 Å². The molecular weight excluding hydrogens is 380 g/mol. The molecule has 0 radical (unpaired) electrons. The first kappa shape index (κ1) is 21.4. The van der Waals surface area contributed by atoms with Gasteiger partial charge in [-0.05, 0) is 48.7 Å². The lowest BCUT2D eigenvalue weighted by Gasteiger charge is -2.19. The van der Waals surface area contributed by atoms with Gasteiger partial charge in [0.25, 0.3) is 11.8 Å². The second-order valence-corrected chi connectivity index (χ2v) is 7.12. The van der Waals surface area contributed by atoms with Crippen LogP contribution in [0.25, 0.3) is 0 Å². The molecule has 0 heterocycles. The third-order valence-electron chi connectivity index (χ3n) is 3.81. The van der Waals surface area contributed by atoms with Crippen molar-refractivity contribution < 1.29 is 19.1 Å². The number of nitrogens with one attached hydrogen (secondary N) is 2. The molecule has 1 atom stereocenters. The average Bonchev–Trinajstić information content (AvgIpc) is 2.66. The first-order valence-corrected chi connectivity index (χ1v) is 9.31. The van der Waals surface area contributed by atoms with Gasteiger partial charge in [-0.2, -0.15) is 0 Å². The van der Waals surface area contributed by atoms with Gasteiger partial charge in [-0.25, -0.2) is 4.79 Å². The fourth-order valence-corrected chi connectivity index (χ4v) is 2.61. The minimum Gasteiger partial charge on any atom is -0.454 e. The number of hydrogen-bond donors (Lipinski definition) is 2. The maximum absolute atomic E-state index is 12.4. The van der Waals surface area contributed by atoms with Crippen LogP contribution < -0.4 is 10.6 Å². The van der Waals surface area contributed by atoms with Gasteiger partial charge in [-0.15, -0.1) is 0 Å². The van der Waals surface area contributed by atoms with Gasteiger partial charge in [-0.1, -0.05) is 43.6 Å². The number of ether oxygens (including phenoxy) is 1. The molecular formula is C21H23ClN2O4. The zero-order valence-electron chi connectivity index (χ0n) is 15.8. The molecule has 0 aliphatic carbocycles. The van der Waals surface area contributed by atoms with Crippen LogP contribution in [0, 0.1) is 5.92 Å². The standard InChI is InChI=1S/C21H23ClN2O4/c1-14(2)12-18(24-20(26)15-8-10-16(22)11-9-15)21(27)28-13-19(25)23-17-6-4-3-5-7-17/h3-11,14,18H,12-13H2,1-2H3,(H,23,25)(H,24,26)/t18-/m1/s1. The Hall–Kier alpha value is -2.86. The minimum absolute atomic E-state index is 0.140. The van der Waals surface area contributed by atoms with E-state index in [1.807, 2.05) is 19.9 Å². The van der Waals surface area contributed by atoms with E-state index in [-0.39, 0.29) is 5.92 Å². The number of anilines is 1. The van der Waals surface area contributed by atoms with Crippen LogP contribution in [0.1, 0.15) is 30.6 Å². The molecule has 0 saturated heterocycles. The van der Waals surface area contributed by atoms with Crippen LogP contribution in [0.4, 0.5) is 5.69 Å². The Morgan fingerprint density at radius 2 is 1.64 bits per heavy atom. The molecule has 28 heavy (non-hydrogen) atoms. The number of carbonyl (C=O) groups excluding carboxylic acids is 3. The number of halogens is 1. The first-order chi connectivity index (χ1) is 13.3. The molecule has 2 aromatic rings. The van der Waals surface area contributed by atoms with E-state index in [4.69, 9.17) is 16.3 Å². The van der Waals surface area contributed by atoms with Crippen molar-refractivity contribution in [2.45, 2.75) is 26.3 Å². The molecule has 2 aromatic carbocycles. The van der Waals surface area contributed by atoms with E-state index in [2.05, 4.69) is 10.6 Å². The monoisotopic (exact) mass is 402 g/mol. The Balaban J connectivity index is 1.93. The van der Waals surface area contributed by atoms with Crippen LogP contribution in [0.5, 0.6) is 0 Å². The van der Waals surface area contributed by atoms with E-state index >= 15 is 0 Å². The summed E-state index contributed by atoms with van der Waals surface area (Å²) in [5, 5.41) is 5.81. The number of benzene rings is 2. The lowest BCUT2D eigenvalue weighted by Crippen LogP contribution is -2.43. The van der Waals surface area contributed by atoms with Gasteiger partial charge in [0, 0.05) is 16.3 Å². The smallest absolute Gasteiger partial charge is 0.329 e. The minimum atomic E-state index is -0.854. The summed E-state index contributed by atoms with van der Waals surface area (Å²) >= 11 is 5.83. The molecule has 7 heteroatoms. The molecule has 0 saturated carbocycles. The van der Waals surface area contributed by atoms with E-state index in [0.717, 1.165) is 0 Å². The predicted molar refractivity (Wildman–Crippen MR) is 108 cm³/mol. The largest absolute Gasteiger partial charge is 0.454 e. The highest BCUT2D eigenvalue weighted by Crippen LogP contribution is 2.12. The van der Waals surface area contributed by atoms with Crippen LogP contribution in [-0.4, -0.2) is 30.4 Å². The zero-order chi connectivity index (χ0) is 20.5. The third-order valence-corrected chi connectivity index (χ3v) is 4.06. The normalized spacial score (nSPS) is 11.6. The highest BCUT2D eigenvalue weighted by Gasteiger charge is 2.24. The van der Waals surface area contributed by atoms with Gasteiger partial charge in [0.2, 0.25) is 0 Å². The lowest BCUT2D eigenvalue weighted by molar-refractivity contribution is -0.149. The van der Waals surface area contributed by atoms with Gasteiger partial charge >= 0.3 is 5.97 Å². The van der Waals surface area contributed by atoms with Gasteiger partial charge in [0.1, 0.15) is 6.04 Å². The molecule has 0 unspecified atom stereocenters. The van der Waals surface area contributed by atoms with Crippen molar-refractivity contribution in [3.63, 3.8) is 0 Å². The highest BCUT2D eigenvalue weighted by atomic mass is 35.5. The number of rotatable bonds is 8. The summed E-state index contributed by atoms with van der Waals surface area (Å²) in [5.74, 6) is -1.37. The molecule has 2 amide bonds. The Morgan fingerprint density at radius 1 is 1.00 bits per heavy atom. The van der Waals surface area contributed by atoms with Crippen molar-refractivity contribution in [3.8, 4) is 0 Å². The molecule has 0 fully saturated rings. The summed E-state index contributed by atoms with van der Waals surface area (Å²) in [6, 6.07) is 14.3. The van der Waals surface area contributed by atoms with E-state index in [9.17, 15) is 14.4 Å². The van der Waals surface area contributed by atoms with Gasteiger partial charge in [0.15, 0.2) is 6.61 Å². The molecule has 0 aliphatic heterocycles. The number of amides is 2. The lowest BCUT2D eigenvalue weighted by atomic mass is 10.0. The summed E-state index contributed by atoms with van der Waals surface area (Å²) in [5.41, 5.74) is 0.992. The summed E-state index contributed by atoms with van der Waals surface area (Å²) in [4.78, 5) is 36.8. The Morgan fingerprint density at radius 3 is 2.25 bits per heavy atom. The number of para-hydroxylation sites is 1. The van der Waals surface area contributed by atoms with Crippen molar-refractivity contribution in [2.75, 3.05) is 11.9 Å². The Kier molecular flexibility index (Phi) is 8.02. The topological polar surface area (TPSA) is 84.5 Å². The summed E-state index contributed by atoms with van der Waals surface area (Å²) in [7, 11) is 0. The SMILES string of the molecule is CC(C)C[C@@H](NC(=O)c1ccc(Cl)cc1)C(=O)OCC(=O)Nc1ccccc1. The van der Waals surface area contributed by atoms with E-state index < -0.39 is 30.4 Å². The number of esters is 1. The Labute approximate surface area is 169 Å². The third kappa shape index (κ3) is 7.04. The second kappa shape index (κ2) is 10.5. The van der Waals surface area contributed by atoms with E-state index in [1.54, 1.807) is 48.5 Å². The molecule has 0 bridgehead atoms. The fourth-order valence-electron chi connectivity index (χ4n) is 2.48. The van der Waals surface area contributed by atoms with Crippen LogP contribution in [0.3, 0.4) is 0 Å². The highest BCUT2D eigenvalue weighted by molar-refractivity contribution is 6.30. The molecule has 2 rings (SSSR count). The summed E-state index contributed by atoms with van der Waals surface area (Å²) < 4.78 is 5.11. The first-order valence-electron chi connectivity index (χ1n) is 8.93. The number of hydrogen-bond acceptors (Lipinski definition) is 4. The fraction of sp³-hybridized carbons (Fsp3) is 0.286. The van der Waals surface area contributed by atoms with Crippen LogP contribution >= 0.6 is 11.6 Å². The van der Waals surface area contributed by atoms with Crippen LogP contribution in [0.2, 0.25) is 5.02 Å². The number of carbonyl (C=O) groups is 3. The summed E-state index contributed by atoms with van der Waals surface area (Å²) in [6.07, 6.45) is 0.387. The molecule has 0 spiro atoms. The maximum atomic E-state index is 12.4. The molecule has 0 aliphatic rings. The predicted octanol–water partition coefficient (Wildman–Crippen LogP) is 3.67. The van der Waals surface area contributed by atoms with Crippen molar-refractivity contribution in [2.24, 2.45) is 5.92 Å². The Bertz CT molecular complexity index is 807. The van der Waals surface area contributed by atoms with Gasteiger partial charge < -0.3 is 15.4 Å². The van der Waals surface area contributed by atoms with Crippen molar-refractivity contribution in [3.05, 3.63) is 65.2 Å². The quantitative estimate of drug-likeness (QED) is 0.660. The molecule has 0 aromatic heterocycles. The zero-order valence-corrected chi connectivity index (χ0v) is 16.5. The van der Waals surface area contributed by atoms with Crippen LogP contribution in [-0.2, 0) is 14.3 Å². The van der Waals surface area contributed by atoms with Crippen molar-refractivity contribution in [1.29, 1.82) is 0 Å². The molecule has 6 nitrogen and oxygen atoms in total. The second-order valence-electron chi connectivity index (χ2n) is 6.68. The van der Waals surface area contributed by atoms with E-state index in [1.165, 1.54) is 0 Å². The van der Waals surface area contributed by atoms with Crippen molar-refractivity contribution >= 4 is 35.1 Å². The molecule has 2 N–H and O–H groups in total. The van der Waals surface area contributed by atoms with Gasteiger partial charge in [-0.3, -0.25) is 9.59 Å². The van der Waals surface area contributed by atoms with Crippen LogP contribution in [0.15, 0.2) is 54.6 Å². The van der Waals surface area contributed by atoms with E-state index in [0.29, 0.717) is 22.7 Å². The van der Waals surface area contributed by atoms with Gasteiger partial charge in [0.05, 0.1) is 0 Å².